The van der Waals surface area contributed by atoms with Gasteiger partial charge in [0.05, 0.1) is 10.6 Å². The minimum atomic E-state index is -4.08. The van der Waals surface area contributed by atoms with Crippen LogP contribution < -0.4 is 9.62 Å². The van der Waals surface area contributed by atoms with E-state index in [1.807, 2.05) is 63.2 Å². The molecule has 37 heavy (non-hydrogen) atoms. The van der Waals surface area contributed by atoms with E-state index in [-0.39, 0.29) is 17.3 Å². The average molecular weight is 522 g/mol. The third-order valence-corrected chi connectivity index (χ3v) is 8.02. The first kappa shape index (κ1) is 27.9. The zero-order chi connectivity index (χ0) is 27.0. The van der Waals surface area contributed by atoms with Gasteiger partial charge in [-0.3, -0.25) is 13.9 Å². The molecule has 8 heteroatoms. The number of benzene rings is 3. The first-order chi connectivity index (χ1) is 17.7. The number of sulfonamides is 1. The molecule has 3 rings (SSSR count). The van der Waals surface area contributed by atoms with E-state index in [2.05, 4.69) is 5.32 Å². The van der Waals surface area contributed by atoms with Gasteiger partial charge in [0, 0.05) is 13.1 Å². The highest BCUT2D eigenvalue weighted by molar-refractivity contribution is 7.92. The Morgan fingerprint density at radius 2 is 1.51 bits per heavy atom. The molecule has 0 aliphatic rings. The monoisotopic (exact) mass is 521 g/mol. The van der Waals surface area contributed by atoms with Gasteiger partial charge in [0.1, 0.15) is 12.6 Å². The predicted molar refractivity (Wildman–Crippen MR) is 147 cm³/mol. The van der Waals surface area contributed by atoms with E-state index < -0.39 is 28.5 Å². The maximum atomic E-state index is 13.9. The molecular weight excluding hydrogens is 486 g/mol. The number of hydrogen-bond acceptors (Lipinski definition) is 4. The molecule has 0 radical (unpaired) electrons. The number of likely N-dealkylation sites (N-methyl/N-ethyl adjacent to an activating group) is 1. The number of rotatable bonds is 11. The Morgan fingerprint density at radius 1 is 0.892 bits per heavy atom. The second-order valence-corrected chi connectivity index (χ2v) is 10.7. The highest BCUT2D eigenvalue weighted by Crippen LogP contribution is 2.28. The summed E-state index contributed by atoms with van der Waals surface area (Å²) >= 11 is 0. The maximum Gasteiger partial charge on any atom is 0.264 e. The minimum absolute atomic E-state index is 0.100. The molecule has 1 atom stereocenters. The Labute approximate surface area is 220 Å². The molecule has 0 saturated heterocycles. The van der Waals surface area contributed by atoms with E-state index in [0.29, 0.717) is 18.7 Å². The Hall–Kier alpha value is -3.65. The van der Waals surface area contributed by atoms with Crippen molar-refractivity contribution >= 4 is 27.5 Å². The molecule has 2 amide bonds. The van der Waals surface area contributed by atoms with Gasteiger partial charge in [-0.25, -0.2) is 8.42 Å². The quantitative estimate of drug-likeness (QED) is 0.408. The molecular formula is C29H35N3O4S. The summed E-state index contributed by atoms with van der Waals surface area (Å²) in [6.07, 6.45) is 0.591. The molecule has 0 fully saturated rings. The summed E-state index contributed by atoms with van der Waals surface area (Å²) in [6.45, 7) is 7.45. The zero-order valence-corrected chi connectivity index (χ0v) is 22.7. The van der Waals surface area contributed by atoms with Gasteiger partial charge in [-0.1, -0.05) is 73.2 Å². The third-order valence-electron chi connectivity index (χ3n) is 6.24. The normalized spacial score (nSPS) is 12.0. The van der Waals surface area contributed by atoms with Crippen LogP contribution in [0.3, 0.4) is 0 Å². The minimum Gasteiger partial charge on any atom is -0.355 e. The molecule has 1 N–H and O–H groups in total. The van der Waals surface area contributed by atoms with Crippen molar-refractivity contribution < 1.29 is 18.0 Å². The molecule has 3 aromatic rings. The third kappa shape index (κ3) is 6.77. The van der Waals surface area contributed by atoms with E-state index in [1.54, 1.807) is 43.3 Å². The molecule has 0 aliphatic carbocycles. The Morgan fingerprint density at radius 3 is 2.14 bits per heavy atom. The molecule has 0 aliphatic heterocycles. The van der Waals surface area contributed by atoms with Crippen LogP contribution in [0.25, 0.3) is 0 Å². The summed E-state index contributed by atoms with van der Waals surface area (Å²) in [4.78, 5) is 28.1. The molecule has 0 saturated carbocycles. The predicted octanol–water partition coefficient (Wildman–Crippen LogP) is 4.31. The van der Waals surface area contributed by atoms with Crippen molar-refractivity contribution in [3.05, 3.63) is 95.6 Å². The molecule has 0 heterocycles. The summed E-state index contributed by atoms with van der Waals surface area (Å²) in [5.41, 5.74) is 3.02. The van der Waals surface area contributed by atoms with Crippen molar-refractivity contribution in [3.63, 3.8) is 0 Å². The molecule has 0 aromatic heterocycles. The van der Waals surface area contributed by atoms with Gasteiger partial charge in [0.25, 0.3) is 10.0 Å². The Balaban J connectivity index is 2.06. The van der Waals surface area contributed by atoms with Gasteiger partial charge in [-0.15, -0.1) is 0 Å². The van der Waals surface area contributed by atoms with Crippen LogP contribution in [-0.4, -0.2) is 44.3 Å². The summed E-state index contributed by atoms with van der Waals surface area (Å²) in [5.74, 6) is -0.766. The fraction of sp³-hybridized carbons (Fsp3) is 0.310. The van der Waals surface area contributed by atoms with E-state index in [9.17, 15) is 18.0 Å². The van der Waals surface area contributed by atoms with E-state index >= 15 is 0 Å². The maximum absolute atomic E-state index is 13.9. The number of amides is 2. The lowest BCUT2D eigenvalue weighted by molar-refractivity contribution is -0.139. The van der Waals surface area contributed by atoms with Gasteiger partial charge >= 0.3 is 0 Å². The van der Waals surface area contributed by atoms with Crippen LogP contribution in [0.15, 0.2) is 83.8 Å². The van der Waals surface area contributed by atoms with E-state index in [0.717, 1.165) is 16.7 Å². The largest absolute Gasteiger partial charge is 0.355 e. The first-order valence-corrected chi connectivity index (χ1v) is 13.9. The second kappa shape index (κ2) is 12.5. The van der Waals surface area contributed by atoms with Crippen molar-refractivity contribution in [2.75, 3.05) is 17.4 Å². The average Bonchev–Trinajstić information content (AvgIpc) is 2.90. The topological polar surface area (TPSA) is 86.8 Å². The van der Waals surface area contributed by atoms with Crippen LogP contribution in [0.5, 0.6) is 0 Å². The fourth-order valence-corrected chi connectivity index (χ4v) is 5.54. The van der Waals surface area contributed by atoms with Crippen LogP contribution in [0.2, 0.25) is 0 Å². The van der Waals surface area contributed by atoms with Gasteiger partial charge in [0.15, 0.2) is 0 Å². The van der Waals surface area contributed by atoms with Crippen molar-refractivity contribution in [2.24, 2.45) is 0 Å². The van der Waals surface area contributed by atoms with Crippen molar-refractivity contribution in [2.45, 2.75) is 51.6 Å². The summed E-state index contributed by atoms with van der Waals surface area (Å²) in [6, 6.07) is 22.3. The van der Waals surface area contributed by atoms with Gasteiger partial charge in [-0.05, 0) is 56.5 Å². The lowest BCUT2D eigenvalue weighted by Crippen LogP contribution is -2.51. The molecule has 7 nitrogen and oxygen atoms in total. The highest BCUT2D eigenvalue weighted by atomic mass is 32.2. The molecule has 3 aromatic carbocycles. The van der Waals surface area contributed by atoms with Gasteiger partial charge in [0.2, 0.25) is 11.8 Å². The van der Waals surface area contributed by atoms with Crippen LogP contribution in [0, 0.1) is 6.92 Å². The smallest absolute Gasteiger partial charge is 0.264 e. The number of aryl methyl sites for hydroxylation is 2. The second-order valence-electron chi connectivity index (χ2n) is 8.88. The summed E-state index contributed by atoms with van der Waals surface area (Å²) in [7, 11) is -4.08. The number of para-hydroxylation sites is 1. The Bertz CT molecular complexity index is 1310. The van der Waals surface area contributed by atoms with Crippen molar-refractivity contribution in [3.8, 4) is 0 Å². The van der Waals surface area contributed by atoms with Gasteiger partial charge in [-0.2, -0.15) is 0 Å². The zero-order valence-electron chi connectivity index (χ0n) is 21.8. The lowest BCUT2D eigenvalue weighted by Gasteiger charge is -2.32. The van der Waals surface area contributed by atoms with E-state index in [1.165, 1.54) is 9.21 Å². The molecule has 196 valence electrons. The standard InChI is InChI=1S/C29H35N3O4S/c1-5-25-14-10-11-15-27(25)32(37(35,36)26-18-16-22(3)17-19-26)21-28(33)31(23(4)29(34)30-6-2)20-24-12-8-7-9-13-24/h7-19,23H,5-6,20-21H2,1-4H3,(H,30,34). The van der Waals surface area contributed by atoms with Crippen LogP contribution in [0.1, 0.15) is 37.5 Å². The Kier molecular flexibility index (Phi) is 9.47. The fourth-order valence-electron chi connectivity index (χ4n) is 4.09. The first-order valence-electron chi connectivity index (χ1n) is 12.5. The van der Waals surface area contributed by atoms with Crippen LogP contribution in [0.4, 0.5) is 5.69 Å². The number of hydrogen-bond donors (Lipinski definition) is 1. The van der Waals surface area contributed by atoms with Crippen LogP contribution in [-0.2, 0) is 32.6 Å². The number of nitrogens with zero attached hydrogens (tertiary/aromatic N) is 2. The van der Waals surface area contributed by atoms with Gasteiger partial charge < -0.3 is 10.2 Å². The van der Waals surface area contributed by atoms with Crippen molar-refractivity contribution in [1.82, 2.24) is 10.2 Å². The molecule has 1 unspecified atom stereocenters. The highest BCUT2D eigenvalue weighted by Gasteiger charge is 2.33. The SMILES string of the molecule is CCNC(=O)C(C)N(Cc1ccccc1)C(=O)CN(c1ccccc1CC)S(=O)(=O)c1ccc(C)cc1. The number of nitrogens with one attached hydrogen (secondary N) is 1. The number of carbonyl (C=O) groups excluding carboxylic acids is 2. The summed E-state index contributed by atoms with van der Waals surface area (Å²) in [5, 5.41) is 2.77. The molecule has 0 bridgehead atoms. The summed E-state index contributed by atoms with van der Waals surface area (Å²) < 4.78 is 29.0. The lowest BCUT2D eigenvalue weighted by atomic mass is 10.1. The number of anilines is 1. The van der Waals surface area contributed by atoms with Crippen molar-refractivity contribution in [1.29, 1.82) is 0 Å². The van der Waals surface area contributed by atoms with E-state index in [4.69, 9.17) is 0 Å². The number of carbonyl (C=O) groups is 2. The van der Waals surface area contributed by atoms with Crippen LogP contribution >= 0.6 is 0 Å². The molecule has 0 spiro atoms.